The molecule has 0 saturated carbocycles. The minimum Gasteiger partial charge on any atom is -0.459 e. The Bertz CT molecular complexity index is 386. The van der Waals surface area contributed by atoms with Crippen LogP contribution in [0.15, 0.2) is 12.1 Å². The number of nitrogens with one attached hydrogen (secondary N) is 1. The molecular weight excluding hydrogens is 226 g/mol. The number of esters is 1. The summed E-state index contributed by atoms with van der Waals surface area (Å²) in [5, 5.41) is 2.59. The van der Waals surface area contributed by atoms with Crippen molar-refractivity contribution >= 4 is 23.2 Å². The van der Waals surface area contributed by atoms with Crippen LogP contribution in [0.1, 0.15) is 29.6 Å². The minimum absolute atomic E-state index is 0.171. The number of hydrogen-bond donors (Lipinski definition) is 1. The SMILES string of the molecule is CCOC(=O)C(=O)NC(C)c1ccc(C)s1. The maximum atomic E-state index is 11.3. The van der Waals surface area contributed by atoms with Crippen molar-refractivity contribution in [3.05, 3.63) is 21.9 Å². The number of carbonyl (C=O) groups is 2. The minimum atomic E-state index is -0.831. The number of hydrogen-bond acceptors (Lipinski definition) is 4. The van der Waals surface area contributed by atoms with Gasteiger partial charge in [0.25, 0.3) is 0 Å². The molecule has 0 saturated heterocycles. The maximum Gasteiger partial charge on any atom is 0.396 e. The molecule has 0 aliphatic carbocycles. The molecule has 0 radical (unpaired) electrons. The molecule has 1 atom stereocenters. The topological polar surface area (TPSA) is 55.4 Å². The highest BCUT2D eigenvalue weighted by Crippen LogP contribution is 2.22. The van der Waals surface area contributed by atoms with Crippen molar-refractivity contribution in [2.24, 2.45) is 0 Å². The van der Waals surface area contributed by atoms with Crippen LogP contribution in [-0.2, 0) is 14.3 Å². The molecule has 5 heteroatoms. The molecule has 0 spiro atoms. The molecule has 0 bridgehead atoms. The van der Waals surface area contributed by atoms with Crippen LogP contribution in [0.3, 0.4) is 0 Å². The fraction of sp³-hybridized carbons (Fsp3) is 0.455. The van der Waals surface area contributed by atoms with Gasteiger partial charge < -0.3 is 10.1 Å². The zero-order valence-electron chi connectivity index (χ0n) is 9.57. The van der Waals surface area contributed by atoms with E-state index >= 15 is 0 Å². The van der Waals surface area contributed by atoms with E-state index in [1.807, 2.05) is 26.0 Å². The van der Waals surface area contributed by atoms with Gasteiger partial charge in [-0.15, -0.1) is 11.3 Å². The van der Waals surface area contributed by atoms with Gasteiger partial charge in [0.2, 0.25) is 0 Å². The summed E-state index contributed by atoms with van der Waals surface area (Å²) in [7, 11) is 0. The summed E-state index contributed by atoms with van der Waals surface area (Å²) in [5.41, 5.74) is 0. The maximum absolute atomic E-state index is 11.3. The molecule has 1 aromatic heterocycles. The predicted octanol–water partition coefficient (Wildman–Crippen LogP) is 1.80. The van der Waals surface area contributed by atoms with Crippen molar-refractivity contribution in [1.29, 1.82) is 0 Å². The van der Waals surface area contributed by atoms with Crippen LogP contribution in [0.5, 0.6) is 0 Å². The fourth-order valence-corrected chi connectivity index (χ4v) is 2.09. The number of carbonyl (C=O) groups excluding carboxylic acids is 2. The van der Waals surface area contributed by atoms with Crippen molar-refractivity contribution in [2.45, 2.75) is 26.8 Å². The third kappa shape index (κ3) is 3.34. The molecule has 1 unspecified atom stereocenters. The first-order chi connectivity index (χ1) is 7.54. The standard InChI is InChI=1S/C11H15NO3S/c1-4-15-11(14)10(13)12-8(3)9-6-5-7(2)16-9/h5-6,8H,4H2,1-3H3,(H,12,13). The molecule has 0 aliphatic heterocycles. The lowest BCUT2D eigenvalue weighted by molar-refractivity contribution is -0.154. The number of thiophene rings is 1. The average molecular weight is 241 g/mol. The van der Waals surface area contributed by atoms with E-state index < -0.39 is 11.9 Å². The van der Waals surface area contributed by atoms with E-state index in [1.165, 1.54) is 4.88 Å². The first kappa shape index (κ1) is 12.7. The van der Waals surface area contributed by atoms with Crippen LogP contribution in [-0.4, -0.2) is 18.5 Å². The number of aryl methyl sites for hydroxylation is 1. The Morgan fingerprint density at radius 3 is 2.69 bits per heavy atom. The van der Waals surface area contributed by atoms with E-state index in [0.29, 0.717) is 0 Å². The summed E-state index contributed by atoms with van der Waals surface area (Å²) in [6.07, 6.45) is 0. The van der Waals surface area contributed by atoms with Crippen molar-refractivity contribution in [2.75, 3.05) is 6.61 Å². The van der Waals surface area contributed by atoms with Crippen LogP contribution in [0, 0.1) is 6.92 Å². The van der Waals surface area contributed by atoms with Crippen LogP contribution >= 0.6 is 11.3 Å². The second-order valence-electron chi connectivity index (χ2n) is 3.36. The van der Waals surface area contributed by atoms with Gasteiger partial charge in [0.1, 0.15) is 0 Å². The normalized spacial score (nSPS) is 11.9. The second kappa shape index (κ2) is 5.65. The smallest absolute Gasteiger partial charge is 0.396 e. The van der Waals surface area contributed by atoms with E-state index in [1.54, 1.807) is 18.3 Å². The summed E-state index contributed by atoms with van der Waals surface area (Å²) >= 11 is 1.60. The number of rotatable bonds is 3. The van der Waals surface area contributed by atoms with Crippen molar-refractivity contribution in [3.8, 4) is 0 Å². The van der Waals surface area contributed by atoms with Gasteiger partial charge in [-0.3, -0.25) is 4.79 Å². The molecule has 0 aliphatic rings. The zero-order valence-corrected chi connectivity index (χ0v) is 10.4. The number of amides is 1. The summed E-state index contributed by atoms with van der Waals surface area (Å²) in [4.78, 5) is 24.6. The molecule has 1 aromatic rings. The largest absolute Gasteiger partial charge is 0.459 e. The first-order valence-electron chi connectivity index (χ1n) is 5.08. The first-order valence-corrected chi connectivity index (χ1v) is 5.90. The molecule has 1 amide bonds. The van der Waals surface area contributed by atoms with Gasteiger partial charge in [0, 0.05) is 9.75 Å². The molecule has 0 fully saturated rings. The average Bonchev–Trinajstić information content (AvgIpc) is 2.65. The van der Waals surface area contributed by atoms with Gasteiger partial charge in [0.15, 0.2) is 0 Å². The van der Waals surface area contributed by atoms with Crippen LogP contribution in [0.25, 0.3) is 0 Å². The van der Waals surface area contributed by atoms with Gasteiger partial charge in [0.05, 0.1) is 12.6 Å². The van der Waals surface area contributed by atoms with E-state index in [0.717, 1.165) is 4.88 Å². The lowest BCUT2D eigenvalue weighted by Gasteiger charge is -2.10. The third-order valence-electron chi connectivity index (χ3n) is 2.00. The summed E-state index contributed by atoms with van der Waals surface area (Å²) in [6, 6.07) is 3.75. The molecule has 4 nitrogen and oxygen atoms in total. The quantitative estimate of drug-likeness (QED) is 0.648. The Balaban J connectivity index is 2.54. The Hall–Kier alpha value is -1.36. The molecule has 1 rings (SSSR count). The Morgan fingerprint density at radius 2 is 2.19 bits per heavy atom. The van der Waals surface area contributed by atoms with Gasteiger partial charge in [-0.2, -0.15) is 0 Å². The van der Waals surface area contributed by atoms with E-state index in [9.17, 15) is 9.59 Å². The third-order valence-corrected chi connectivity index (χ3v) is 3.18. The summed E-state index contributed by atoms with van der Waals surface area (Å²) in [5.74, 6) is -1.52. The Morgan fingerprint density at radius 1 is 1.50 bits per heavy atom. The van der Waals surface area contributed by atoms with Gasteiger partial charge in [-0.1, -0.05) is 0 Å². The van der Waals surface area contributed by atoms with Crippen LogP contribution < -0.4 is 5.32 Å². The summed E-state index contributed by atoms with van der Waals surface area (Å²) in [6.45, 7) is 5.70. The lowest BCUT2D eigenvalue weighted by atomic mass is 10.2. The predicted molar refractivity (Wildman–Crippen MR) is 62.2 cm³/mol. The molecular formula is C11H15NO3S. The van der Waals surface area contributed by atoms with Crippen molar-refractivity contribution < 1.29 is 14.3 Å². The van der Waals surface area contributed by atoms with Gasteiger partial charge in [-0.25, -0.2) is 4.79 Å². The molecule has 0 aromatic carbocycles. The van der Waals surface area contributed by atoms with Gasteiger partial charge in [-0.05, 0) is 32.9 Å². The van der Waals surface area contributed by atoms with E-state index in [4.69, 9.17) is 0 Å². The monoisotopic (exact) mass is 241 g/mol. The molecule has 16 heavy (non-hydrogen) atoms. The molecule has 1 N–H and O–H groups in total. The molecule has 1 heterocycles. The molecule has 88 valence electrons. The van der Waals surface area contributed by atoms with Gasteiger partial charge >= 0.3 is 11.9 Å². The zero-order chi connectivity index (χ0) is 12.1. The van der Waals surface area contributed by atoms with Crippen molar-refractivity contribution in [1.82, 2.24) is 5.32 Å². The number of ether oxygens (including phenoxy) is 1. The van der Waals surface area contributed by atoms with E-state index in [-0.39, 0.29) is 12.6 Å². The Kier molecular flexibility index (Phi) is 4.49. The summed E-state index contributed by atoms with van der Waals surface area (Å²) < 4.78 is 4.60. The lowest BCUT2D eigenvalue weighted by Crippen LogP contribution is -2.34. The second-order valence-corrected chi connectivity index (χ2v) is 4.68. The van der Waals surface area contributed by atoms with Crippen molar-refractivity contribution in [3.63, 3.8) is 0 Å². The highest BCUT2D eigenvalue weighted by atomic mass is 32.1. The van der Waals surface area contributed by atoms with E-state index in [2.05, 4.69) is 10.1 Å². The Labute approximate surface area is 98.6 Å². The highest BCUT2D eigenvalue weighted by molar-refractivity contribution is 7.12. The van der Waals surface area contributed by atoms with Crippen LogP contribution in [0.2, 0.25) is 0 Å². The van der Waals surface area contributed by atoms with Crippen LogP contribution in [0.4, 0.5) is 0 Å². The highest BCUT2D eigenvalue weighted by Gasteiger charge is 2.18. The fourth-order valence-electron chi connectivity index (χ4n) is 1.21.